The minimum Gasteiger partial charge on any atom is -0.480 e. The molecule has 0 rings (SSSR count). The van der Waals surface area contributed by atoms with E-state index < -0.39 is 12.0 Å². The molecule has 1 atom stereocenters. The Balaban J connectivity index is 4.24. The van der Waals surface area contributed by atoms with Crippen LogP contribution in [-0.4, -0.2) is 53.6 Å². The molecule has 1 N–H and O–H groups in total. The van der Waals surface area contributed by atoms with Gasteiger partial charge in [0.2, 0.25) is 0 Å². The molecule has 0 bridgehead atoms. The van der Waals surface area contributed by atoms with Gasteiger partial charge < -0.3 is 14.9 Å². The molecule has 0 aromatic heterocycles. The zero-order valence-electron chi connectivity index (χ0n) is 9.86. The van der Waals surface area contributed by atoms with Crippen molar-refractivity contribution in [3.63, 3.8) is 0 Å². The lowest BCUT2D eigenvalue weighted by Crippen LogP contribution is -2.46. The predicted molar refractivity (Wildman–Crippen MR) is 57.8 cm³/mol. The third kappa shape index (κ3) is 4.18. The van der Waals surface area contributed by atoms with Crippen molar-refractivity contribution in [3.05, 3.63) is 0 Å². The Morgan fingerprint density at radius 1 is 1.33 bits per heavy atom. The van der Waals surface area contributed by atoms with Crippen LogP contribution >= 0.6 is 0 Å². The second-order valence-corrected chi connectivity index (χ2v) is 3.68. The summed E-state index contributed by atoms with van der Waals surface area (Å²) in [7, 11) is 3.19. The van der Waals surface area contributed by atoms with Crippen LogP contribution in [0.1, 0.15) is 26.7 Å². The molecule has 0 aromatic rings. The van der Waals surface area contributed by atoms with Gasteiger partial charge in [0.05, 0.1) is 0 Å². The van der Waals surface area contributed by atoms with Crippen molar-refractivity contribution in [1.82, 2.24) is 9.80 Å². The third-order valence-electron chi connectivity index (χ3n) is 2.41. The quantitative estimate of drug-likeness (QED) is 0.752. The molecule has 0 radical (unpaired) electrons. The highest BCUT2D eigenvalue weighted by Gasteiger charge is 2.23. The number of amides is 2. The summed E-state index contributed by atoms with van der Waals surface area (Å²) in [6, 6.07) is -1.04. The Hall–Kier alpha value is -1.26. The Morgan fingerprint density at radius 2 is 1.87 bits per heavy atom. The van der Waals surface area contributed by atoms with Gasteiger partial charge in [-0.25, -0.2) is 9.59 Å². The highest BCUT2D eigenvalue weighted by Crippen LogP contribution is 2.02. The third-order valence-corrected chi connectivity index (χ3v) is 2.41. The maximum absolute atomic E-state index is 11.7. The fraction of sp³-hybridized carbons (Fsp3) is 0.800. The maximum atomic E-state index is 11.7. The van der Waals surface area contributed by atoms with Crippen molar-refractivity contribution in [2.75, 3.05) is 20.6 Å². The summed E-state index contributed by atoms with van der Waals surface area (Å²) >= 11 is 0. The van der Waals surface area contributed by atoms with Crippen LogP contribution in [-0.2, 0) is 4.79 Å². The highest BCUT2D eigenvalue weighted by molar-refractivity contribution is 5.82. The lowest BCUT2D eigenvalue weighted by Gasteiger charge is -2.27. The largest absolute Gasteiger partial charge is 0.480 e. The van der Waals surface area contributed by atoms with Gasteiger partial charge in [-0.2, -0.15) is 0 Å². The van der Waals surface area contributed by atoms with Crippen molar-refractivity contribution in [2.45, 2.75) is 32.7 Å². The SMILES string of the molecule is CCCCN(C)C(=O)N(C)C(C)C(=O)O. The summed E-state index contributed by atoms with van der Waals surface area (Å²) in [4.78, 5) is 25.1. The lowest BCUT2D eigenvalue weighted by atomic mass is 10.3. The van der Waals surface area contributed by atoms with E-state index >= 15 is 0 Å². The van der Waals surface area contributed by atoms with Crippen LogP contribution in [0.4, 0.5) is 4.79 Å². The fourth-order valence-corrected chi connectivity index (χ4v) is 1.09. The van der Waals surface area contributed by atoms with Crippen molar-refractivity contribution in [3.8, 4) is 0 Å². The first kappa shape index (κ1) is 13.7. The number of unbranched alkanes of at least 4 members (excludes halogenated alkanes) is 1. The van der Waals surface area contributed by atoms with Crippen LogP contribution in [0, 0.1) is 0 Å². The van der Waals surface area contributed by atoms with Crippen LogP contribution in [0.25, 0.3) is 0 Å². The van der Waals surface area contributed by atoms with Crippen LogP contribution in [0.15, 0.2) is 0 Å². The Morgan fingerprint density at radius 3 is 2.27 bits per heavy atom. The minimum absolute atomic E-state index is 0.252. The van der Waals surface area contributed by atoms with Crippen molar-refractivity contribution >= 4 is 12.0 Å². The van der Waals surface area contributed by atoms with Gasteiger partial charge in [-0.1, -0.05) is 13.3 Å². The van der Waals surface area contributed by atoms with Crippen LogP contribution < -0.4 is 0 Å². The van der Waals surface area contributed by atoms with Gasteiger partial charge in [0.15, 0.2) is 0 Å². The zero-order valence-corrected chi connectivity index (χ0v) is 9.86. The van der Waals surface area contributed by atoms with Crippen LogP contribution in [0.5, 0.6) is 0 Å². The van der Waals surface area contributed by atoms with E-state index in [1.54, 1.807) is 11.9 Å². The monoisotopic (exact) mass is 216 g/mol. The molecule has 1 unspecified atom stereocenters. The first-order valence-electron chi connectivity index (χ1n) is 5.12. The van der Waals surface area contributed by atoms with E-state index in [1.807, 2.05) is 6.92 Å². The van der Waals surface area contributed by atoms with E-state index in [0.717, 1.165) is 12.8 Å². The summed E-state index contributed by atoms with van der Waals surface area (Å²) in [5, 5.41) is 8.75. The number of likely N-dealkylation sites (N-methyl/N-ethyl adjacent to an activating group) is 1. The molecule has 5 nitrogen and oxygen atoms in total. The summed E-state index contributed by atoms with van der Waals surface area (Å²) in [5.41, 5.74) is 0. The molecule has 0 heterocycles. The van der Waals surface area contributed by atoms with E-state index in [-0.39, 0.29) is 6.03 Å². The lowest BCUT2D eigenvalue weighted by molar-refractivity contribution is -0.141. The standard InChI is InChI=1S/C10H20N2O3/c1-5-6-7-11(3)10(15)12(4)8(2)9(13)14/h8H,5-7H2,1-4H3,(H,13,14). The second-order valence-electron chi connectivity index (χ2n) is 3.68. The Labute approximate surface area is 90.7 Å². The molecule has 5 heteroatoms. The molecule has 0 saturated heterocycles. The van der Waals surface area contributed by atoms with Crippen LogP contribution in [0.3, 0.4) is 0 Å². The second kappa shape index (κ2) is 6.27. The van der Waals surface area contributed by atoms with E-state index in [9.17, 15) is 9.59 Å². The minimum atomic E-state index is -0.991. The molecule has 0 aliphatic rings. The van der Waals surface area contributed by atoms with E-state index in [0.29, 0.717) is 6.54 Å². The van der Waals surface area contributed by atoms with Gasteiger partial charge in [-0.05, 0) is 13.3 Å². The molecule has 0 aromatic carbocycles. The topological polar surface area (TPSA) is 60.9 Å². The maximum Gasteiger partial charge on any atom is 0.326 e. The number of rotatable bonds is 5. The molecule has 0 aliphatic heterocycles. The number of urea groups is 1. The van der Waals surface area contributed by atoms with Gasteiger partial charge in [-0.15, -0.1) is 0 Å². The van der Waals surface area contributed by atoms with Gasteiger partial charge >= 0.3 is 12.0 Å². The molecule has 0 fully saturated rings. The molecule has 15 heavy (non-hydrogen) atoms. The number of carboxylic acids is 1. The van der Waals surface area contributed by atoms with E-state index in [2.05, 4.69) is 0 Å². The number of carboxylic acid groups (broad SMARTS) is 1. The summed E-state index contributed by atoms with van der Waals surface area (Å²) in [6.07, 6.45) is 1.94. The Bertz CT molecular complexity index is 231. The normalized spacial score (nSPS) is 12.0. The molecular weight excluding hydrogens is 196 g/mol. The molecule has 0 saturated carbocycles. The van der Waals surface area contributed by atoms with Crippen LogP contribution in [0.2, 0.25) is 0 Å². The molecule has 0 aliphatic carbocycles. The van der Waals surface area contributed by atoms with Gasteiger partial charge in [0.1, 0.15) is 6.04 Å². The van der Waals surface area contributed by atoms with Crippen molar-refractivity contribution in [1.29, 1.82) is 0 Å². The molecule has 88 valence electrons. The van der Waals surface area contributed by atoms with Crippen molar-refractivity contribution < 1.29 is 14.7 Å². The fourth-order valence-electron chi connectivity index (χ4n) is 1.09. The zero-order chi connectivity index (χ0) is 12.0. The highest BCUT2D eigenvalue weighted by atomic mass is 16.4. The van der Waals surface area contributed by atoms with E-state index in [1.165, 1.54) is 18.9 Å². The number of carbonyl (C=O) groups is 2. The number of aliphatic carboxylic acids is 1. The number of hydrogen-bond donors (Lipinski definition) is 1. The smallest absolute Gasteiger partial charge is 0.326 e. The van der Waals surface area contributed by atoms with Gasteiger partial charge in [0, 0.05) is 20.6 Å². The number of carbonyl (C=O) groups excluding carboxylic acids is 1. The van der Waals surface area contributed by atoms with Gasteiger partial charge in [0.25, 0.3) is 0 Å². The summed E-state index contributed by atoms with van der Waals surface area (Å²) in [5.74, 6) is -0.991. The summed E-state index contributed by atoms with van der Waals surface area (Å²) < 4.78 is 0. The van der Waals surface area contributed by atoms with E-state index in [4.69, 9.17) is 5.11 Å². The molecule has 0 spiro atoms. The number of hydrogen-bond acceptors (Lipinski definition) is 2. The van der Waals surface area contributed by atoms with Crippen molar-refractivity contribution in [2.24, 2.45) is 0 Å². The first-order valence-corrected chi connectivity index (χ1v) is 5.12. The average molecular weight is 216 g/mol. The Kier molecular flexibility index (Phi) is 5.74. The summed E-state index contributed by atoms with van der Waals surface area (Å²) in [6.45, 7) is 4.20. The first-order chi connectivity index (χ1) is 6.91. The van der Waals surface area contributed by atoms with Gasteiger partial charge in [-0.3, -0.25) is 0 Å². The molecule has 2 amide bonds. The number of nitrogens with zero attached hydrogens (tertiary/aromatic N) is 2. The average Bonchev–Trinajstić information content (AvgIpc) is 2.22. The predicted octanol–water partition coefficient (Wildman–Crippen LogP) is 1.24. The molecular formula is C10H20N2O3.